The van der Waals surface area contributed by atoms with Crippen molar-refractivity contribution in [1.29, 1.82) is 0 Å². The first kappa shape index (κ1) is 8.31. The van der Waals surface area contributed by atoms with E-state index in [2.05, 4.69) is 13.8 Å². The summed E-state index contributed by atoms with van der Waals surface area (Å²) in [7, 11) is 0. The van der Waals surface area contributed by atoms with Gasteiger partial charge >= 0.3 is 0 Å². The quantitative estimate of drug-likeness (QED) is 0.602. The molecule has 11 heavy (non-hydrogen) atoms. The molecule has 2 nitrogen and oxygen atoms in total. The van der Waals surface area contributed by atoms with Crippen LogP contribution in [0.3, 0.4) is 0 Å². The van der Waals surface area contributed by atoms with Crippen molar-refractivity contribution in [2.24, 2.45) is 0 Å². The Hall–Kier alpha value is -0.790. The molecule has 0 aromatic heterocycles. The molecule has 0 saturated carbocycles. The van der Waals surface area contributed by atoms with Gasteiger partial charge in [-0.1, -0.05) is 19.4 Å². The summed E-state index contributed by atoms with van der Waals surface area (Å²) in [5, 5.41) is 0. The Bertz CT molecular complexity index is 174. The van der Waals surface area contributed by atoms with Crippen LogP contribution in [0.4, 0.5) is 0 Å². The van der Waals surface area contributed by atoms with Crippen molar-refractivity contribution in [3.8, 4) is 0 Å². The fourth-order valence-corrected chi connectivity index (χ4v) is 1.26. The molecule has 0 aromatic rings. The Morgan fingerprint density at radius 1 is 1.64 bits per heavy atom. The van der Waals surface area contributed by atoms with Gasteiger partial charge in [-0.15, -0.1) is 0 Å². The first-order valence-electron chi connectivity index (χ1n) is 4.24. The second kappa shape index (κ2) is 3.56. The second-order valence-corrected chi connectivity index (χ2v) is 2.98. The molecule has 62 valence electrons. The van der Waals surface area contributed by atoms with Crippen molar-refractivity contribution in [3.05, 3.63) is 12.2 Å². The highest BCUT2D eigenvalue weighted by molar-refractivity contribution is 5.90. The number of rotatable bonds is 3. The summed E-state index contributed by atoms with van der Waals surface area (Å²) in [6.07, 6.45) is 5.88. The number of hydrogen-bond donors (Lipinski definition) is 0. The average Bonchev–Trinajstić information content (AvgIpc) is 2.29. The minimum absolute atomic E-state index is 0.172. The zero-order chi connectivity index (χ0) is 8.27. The van der Waals surface area contributed by atoms with E-state index in [0.29, 0.717) is 6.04 Å². The molecule has 2 heteroatoms. The zero-order valence-electron chi connectivity index (χ0n) is 7.21. The number of unbranched alkanes of at least 4 members (excludes halogenated alkanes) is 1. The van der Waals surface area contributed by atoms with E-state index in [4.69, 9.17) is 0 Å². The van der Waals surface area contributed by atoms with Crippen molar-refractivity contribution in [1.82, 2.24) is 4.90 Å². The molecule has 1 heterocycles. The van der Waals surface area contributed by atoms with Gasteiger partial charge in [-0.05, 0) is 13.3 Å². The predicted molar refractivity (Wildman–Crippen MR) is 45.2 cm³/mol. The minimum Gasteiger partial charge on any atom is -0.333 e. The maximum atomic E-state index is 11.1. The topological polar surface area (TPSA) is 20.3 Å². The molecule has 0 aromatic carbocycles. The molecule has 0 N–H and O–H groups in total. The highest BCUT2D eigenvalue weighted by Crippen LogP contribution is 2.10. The average molecular weight is 153 g/mol. The molecule has 0 radical (unpaired) electrons. The van der Waals surface area contributed by atoms with Gasteiger partial charge in [0.1, 0.15) is 0 Å². The lowest BCUT2D eigenvalue weighted by Crippen LogP contribution is -2.32. The van der Waals surface area contributed by atoms with Gasteiger partial charge < -0.3 is 4.90 Å². The Labute approximate surface area is 67.9 Å². The van der Waals surface area contributed by atoms with Crippen molar-refractivity contribution >= 4 is 5.91 Å². The Balaban J connectivity index is 2.39. The number of nitrogens with zero attached hydrogens (tertiary/aromatic N) is 1. The summed E-state index contributed by atoms with van der Waals surface area (Å²) in [6, 6.07) is 0.314. The highest BCUT2D eigenvalue weighted by atomic mass is 16.2. The van der Waals surface area contributed by atoms with E-state index in [1.54, 1.807) is 6.08 Å². The van der Waals surface area contributed by atoms with E-state index < -0.39 is 0 Å². The molecule has 0 aliphatic carbocycles. The van der Waals surface area contributed by atoms with Crippen molar-refractivity contribution in [3.63, 3.8) is 0 Å². The lowest BCUT2D eigenvalue weighted by atomic mass is 10.3. The third-order valence-electron chi connectivity index (χ3n) is 2.04. The molecule has 0 saturated heterocycles. The second-order valence-electron chi connectivity index (χ2n) is 2.98. The van der Waals surface area contributed by atoms with E-state index in [1.807, 2.05) is 11.0 Å². The van der Waals surface area contributed by atoms with E-state index in [1.165, 1.54) is 0 Å². The molecule has 0 spiro atoms. The third kappa shape index (κ3) is 1.82. The van der Waals surface area contributed by atoms with Crippen LogP contribution in [0.5, 0.6) is 0 Å². The van der Waals surface area contributed by atoms with Gasteiger partial charge in [0.15, 0.2) is 0 Å². The Morgan fingerprint density at radius 2 is 2.36 bits per heavy atom. The first-order valence-corrected chi connectivity index (χ1v) is 4.24. The van der Waals surface area contributed by atoms with Gasteiger partial charge in [0.25, 0.3) is 0 Å². The summed E-state index contributed by atoms with van der Waals surface area (Å²) in [5.41, 5.74) is 0. The van der Waals surface area contributed by atoms with Crippen LogP contribution in [0.2, 0.25) is 0 Å². The molecule has 1 unspecified atom stereocenters. The largest absolute Gasteiger partial charge is 0.333 e. The normalized spacial score (nSPS) is 23.3. The third-order valence-corrected chi connectivity index (χ3v) is 2.04. The highest BCUT2D eigenvalue weighted by Gasteiger charge is 2.20. The number of carbonyl (C=O) groups excluding carboxylic acids is 1. The van der Waals surface area contributed by atoms with E-state index in [0.717, 1.165) is 19.4 Å². The van der Waals surface area contributed by atoms with Gasteiger partial charge in [0.2, 0.25) is 5.91 Å². The SMILES string of the molecule is CCCCN1C(=O)C=CC1C. The molecule has 1 aliphatic rings. The summed E-state index contributed by atoms with van der Waals surface area (Å²) in [4.78, 5) is 13.0. The maximum Gasteiger partial charge on any atom is 0.246 e. The monoisotopic (exact) mass is 153 g/mol. The molecular formula is C9H15NO. The standard InChI is InChI=1S/C9H15NO/c1-3-4-7-10-8(2)5-6-9(10)11/h5-6,8H,3-4,7H2,1-2H3. The maximum absolute atomic E-state index is 11.1. The summed E-state index contributed by atoms with van der Waals surface area (Å²) in [5.74, 6) is 0.172. The van der Waals surface area contributed by atoms with Crippen LogP contribution in [0.1, 0.15) is 26.7 Å². The lowest BCUT2D eigenvalue weighted by Gasteiger charge is -2.20. The van der Waals surface area contributed by atoms with Crippen LogP contribution in [0, 0.1) is 0 Å². The summed E-state index contributed by atoms with van der Waals surface area (Å²) in [6.45, 7) is 5.10. The van der Waals surface area contributed by atoms with Crippen LogP contribution in [0.15, 0.2) is 12.2 Å². The zero-order valence-corrected chi connectivity index (χ0v) is 7.21. The van der Waals surface area contributed by atoms with Gasteiger partial charge in [0, 0.05) is 18.7 Å². The number of amides is 1. The van der Waals surface area contributed by atoms with Crippen LogP contribution in [-0.2, 0) is 4.79 Å². The first-order chi connectivity index (χ1) is 5.25. The molecular weight excluding hydrogens is 138 g/mol. The van der Waals surface area contributed by atoms with Crippen molar-refractivity contribution < 1.29 is 4.79 Å². The molecule has 1 rings (SSSR count). The molecule has 0 fully saturated rings. The summed E-state index contributed by atoms with van der Waals surface area (Å²) < 4.78 is 0. The molecule has 0 bridgehead atoms. The Morgan fingerprint density at radius 3 is 2.82 bits per heavy atom. The molecule has 1 aliphatic heterocycles. The smallest absolute Gasteiger partial charge is 0.246 e. The van der Waals surface area contributed by atoms with Crippen LogP contribution >= 0.6 is 0 Å². The predicted octanol–water partition coefficient (Wildman–Crippen LogP) is 1.57. The minimum atomic E-state index is 0.172. The summed E-state index contributed by atoms with van der Waals surface area (Å²) >= 11 is 0. The van der Waals surface area contributed by atoms with E-state index in [9.17, 15) is 4.79 Å². The van der Waals surface area contributed by atoms with Gasteiger partial charge in [0.05, 0.1) is 0 Å². The fraction of sp³-hybridized carbons (Fsp3) is 0.667. The van der Waals surface area contributed by atoms with Gasteiger partial charge in [-0.2, -0.15) is 0 Å². The van der Waals surface area contributed by atoms with Gasteiger partial charge in [-0.3, -0.25) is 4.79 Å². The molecule has 1 amide bonds. The van der Waals surface area contributed by atoms with Crippen molar-refractivity contribution in [2.45, 2.75) is 32.7 Å². The van der Waals surface area contributed by atoms with Crippen LogP contribution in [0.25, 0.3) is 0 Å². The lowest BCUT2D eigenvalue weighted by molar-refractivity contribution is -0.125. The van der Waals surface area contributed by atoms with E-state index >= 15 is 0 Å². The van der Waals surface area contributed by atoms with E-state index in [-0.39, 0.29) is 5.91 Å². The number of carbonyl (C=O) groups is 1. The number of hydrogen-bond acceptors (Lipinski definition) is 1. The fourth-order valence-electron chi connectivity index (χ4n) is 1.26. The van der Waals surface area contributed by atoms with Crippen molar-refractivity contribution in [2.75, 3.05) is 6.54 Å². The van der Waals surface area contributed by atoms with Crippen LogP contribution in [-0.4, -0.2) is 23.4 Å². The van der Waals surface area contributed by atoms with Crippen LogP contribution < -0.4 is 0 Å². The Kier molecular flexibility index (Phi) is 2.69. The molecule has 1 atom stereocenters. The van der Waals surface area contributed by atoms with Gasteiger partial charge in [-0.25, -0.2) is 0 Å².